The van der Waals surface area contributed by atoms with Crippen LogP contribution in [-0.4, -0.2) is 19.1 Å². The van der Waals surface area contributed by atoms with Gasteiger partial charge in [-0.2, -0.15) is 0 Å². The first-order valence-electron chi connectivity index (χ1n) is 8.52. The van der Waals surface area contributed by atoms with E-state index in [1.807, 2.05) is 0 Å². The van der Waals surface area contributed by atoms with Crippen molar-refractivity contribution in [3.63, 3.8) is 0 Å². The number of anilines is 1. The minimum absolute atomic E-state index is 0.674. The lowest BCUT2D eigenvalue weighted by atomic mass is 10.1. The lowest BCUT2D eigenvalue weighted by Gasteiger charge is -2.32. The number of halogens is 1. The highest BCUT2D eigenvalue weighted by molar-refractivity contribution is 6.31. The summed E-state index contributed by atoms with van der Waals surface area (Å²) in [5.74, 6) is 0. The van der Waals surface area contributed by atoms with Crippen LogP contribution in [0.2, 0.25) is 5.02 Å². The van der Waals surface area contributed by atoms with E-state index in [2.05, 4.69) is 42.3 Å². The van der Waals surface area contributed by atoms with Crippen molar-refractivity contribution in [2.24, 2.45) is 0 Å². The third kappa shape index (κ3) is 4.62. The van der Waals surface area contributed by atoms with Gasteiger partial charge >= 0.3 is 0 Å². The van der Waals surface area contributed by atoms with E-state index in [9.17, 15) is 0 Å². The molecule has 1 fully saturated rings. The first kappa shape index (κ1) is 16.6. The van der Waals surface area contributed by atoms with E-state index in [4.69, 9.17) is 11.6 Å². The molecule has 0 saturated carbocycles. The maximum absolute atomic E-state index is 6.49. The van der Waals surface area contributed by atoms with Gasteiger partial charge < -0.3 is 10.2 Å². The summed E-state index contributed by atoms with van der Waals surface area (Å²) in [7, 11) is 0. The maximum Gasteiger partial charge on any atom is 0.0471 e. The Bertz CT molecular complexity index is 433. The zero-order valence-electron chi connectivity index (χ0n) is 13.5. The second kappa shape index (κ2) is 8.65. The monoisotopic (exact) mass is 308 g/mol. The van der Waals surface area contributed by atoms with Crippen LogP contribution in [0, 0.1) is 0 Å². The number of nitrogens with zero attached hydrogens (tertiary/aromatic N) is 1. The topological polar surface area (TPSA) is 15.3 Å². The molecule has 1 aromatic carbocycles. The molecule has 1 unspecified atom stereocenters. The molecule has 1 N–H and O–H groups in total. The first-order valence-corrected chi connectivity index (χ1v) is 8.89. The molecule has 0 bridgehead atoms. The molecule has 3 heteroatoms. The van der Waals surface area contributed by atoms with Crippen LogP contribution in [0.25, 0.3) is 0 Å². The molecule has 1 aromatic rings. The van der Waals surface area contributed by atoms with Gasteiger partial charge in [-0.3, -0.25) is 0 Å². The Morgan fingerprint density at radius 2 is 2.10 bits per heavy atom. The molecule has 0 aliphatic carbocycles. The Labute approximate surface area is 134 Å². The molecule has 1 saturated heterocycles. The molecule has 0 aromatic heterocycles. The highest BCUT2D eigenvalue weighted by atomic mass is 35.5. The van der Waals surface area contributed by atoms with Gasteiger partial charge in [0.15, 0.2) is 0 Å². The summed E-state index contributed by atoms with van der Waals surface area (Å²) in [5, 5.41) is 4.32. The number of rotatable bonds is 6. The molecule has 0 amide bonds. The van der Waals surface area contributed by atoms with E-state index >= 15 is 0 Å². The van der Waals surface area contributed by atoms with Gasteiger partial charge in [0.25, 0.3) is 0 Å². The van der Waals surface area contributed by atoms with Crippen molar-refractivity contribution in [3.05, 3.63) is 28.8 Å². The van der Waals surface area contributed by atoms with E-state index in [0.29, 0.717) is 6.04 Å². The average molecular weight is 309 g/mol. The lowest BCUT2D eigenvalue weighted by Crippen LogP contribution is -2.34. The van der Waals surface area contributed by atoms with Crippen molar-refractivity contribution in [3.8, 4) is 0 Å². The van der Waals surface area contributed by atoms with Crippen LogP contribution < -0.4 is 10.2 Å². The summed E-state index contributed by atoms with van der Waals surface area (Å²) >= 11 is 6.49. The Morgan fingerprint density at radius 1 is 1.24 bits per heavy atom. The van der Waals surface area contributed by atoms with Crippen molar-refractivity contribution in [2.75, 3.05) is 18.0 Å². The van der Waals surface area contributed by atoms with Crippen molar-refractivity contribution in [1.82, 2.24) is 5.32 Å². The van der Waals surface area contributed by atoms with Crippen LogP contribution in [0.15, 0.2) is 18.2 Å². The summed E-state index contributed by atoms with van der Waals surface area (Å²) in [5.41, 5.74) is 2.50. The van der Waals surface area contributed by atoms with Crippen LogP contribution in [-0.2, 0) is 6.54 Å². The number of hydrogen-bond donors (Lipinski definition) is 1. The van der Waals surface area contributed by atoms with Crippen LogP contribution >= 0.6 is 11.6 Å². The van der Waals surface area contributed by atoms with Crippen LogP contribution in [0.3, 0.4) is 0 Å². The molecule has 1 aliphatic heterocycles. The zero-order valence-corrected chi connectivity index (χ0v) is 14.3. The van der Waals surface area contributed by atoms with Crippen molar-refractivity contribution >= 4 is 17.3 Å². The summed E-state index contributed by atoms with van der Waals surface area (Å²) < 4.78 is 0. The number of benzene rings is 1. The molecule has 2 nitrogen and oxygen atoms in total. The fourth-order valence-corrected chi connectivity index (χ4v) is 3.44. The molecule has 0 radical (unpaired) electrons. The third-order valence-corrected chi connectivity index (χ3v) is 4.81. The summed E-state index contributed by atoms with van der Waals surface area (Å²) in [4.78, 5) is 2.57. The predicted octanol–water partition coefficient (Wildman–Crippen LogP) is 5.00. The summed E-state index contributed by atoms with van der Waals surface area (Å²) in [6, 6.07) is 7.28. The fraction of sp³-hybridized carbons (Fsp3) is 0.667. The van der Waals surface area contributed by atoms with Crippen LogP contribution in [0.4, 0.5) is 5.69 Å². The number of nitrogens with one attached hydrogen (secondary N) is 1. The Kier molecular flexibility index (Phi) is 6.85. The molecular weight excluding hydrogens is 280 g/mol. The highest BCUT2D eigenvalue weighted by Gasteiger charge is 2.20. The van der Waals surface area contributed by atoms with E-state index in [1.54, 1.807) is 0 Å². The van der Waals surface area contributed by atoms with Gasteiger partial charge in [-0.25, -0.2) is 0 Å². The van der Waals surface area contributed by atoms with Gasteiger partial charge in [-0.05, 0) is 49.9 Å². The second-order valence-electron chi connectivity index (χ2n) is 6.06. The normalized spacial score (nSPS) is 19.6. The van der Waals surface area contributed by atoms with Gasteiger partial charge in [-0.15, -0.1) is 0 Å². The average Bonchev–Trinajstić information content (AvgIpc) is 2.74. The van der Waals surface area contributed by atoms with E-state index in [1.165, 1.54) is 49.9 Å². The van der Waals surface area contributed by atoms with Crippen molar-refractivity contribution in [2.45, 2.75) is 65.0 Å². The standard InChI is InChI=1S/C18H29ClN2/c1-3-11-20-14-15-9-10-17(13-18(15)19)21-12-7-5-6-8-16(21)4-2/h9-10,13,16,20H,3-8,11-12,14H2,1-2H3. The molecule has 21 heavy (non-hydrogen) atoms. The number of hydrogen-bond acceptors (Lipinski definition) is 2. The SMILES string of the molecule is CCCNCc1ccc(N2CCCCCC2CC)cc1Cl. The molecule has 1 heterocycles. The zero-order chi connectivity index (χ0) is 15.1. The van der Waals surface area contributed by atoms with E-state index in [-0.39, 0.29) is 0 Å². The highest BCUT2D eigenvalue weighted by Crippen LogP contribution is 2.29. The Hall–Kier alpha value is -0.730. The van der Waals surface area contributed by atoms with Gasteiger partial charge in [0.1, 0.15) is 0 Å². The molecular formula is C18H29ClN2. The van der Waals surface area contributed by atoms with Crippen LogP contribution in [0.5, 0.6) is 0 Å². The maximum atomic E-state index is 6.49. The van der Waals surface area contributed by atoms with E-state index in [0.717, 1.165) is 24.5 Å². The summed E-state index contributed by atoms with van der Waals surface area (Å²) in [6.45, 7) is 7.56. The quantitative estimate of drug-likeness (QED) is 0.744. The van der Waals surface area contributed by atoms with Gasteiger partial charge in [-0.1, -0.05) is 44.4 Å². The van der Waals surface area contributed by atoms with Crippen LogP contribution in [0.1, 0.15) is 57.9 Å². The van der Waals surface area contributed by atoms with Gasteiger partial charge in [0.05, 0.1) is 0 Å². The lowest BCUT2D eigenvalue weighted by molar-refractivity contribution is 0.556. The Balaban J connectivity index is 2.10. The smallest absolute Gasteiger partial charge is 0.0471 e. The predicted molar refractivity (Wildman–Crippen MR) is 93.3 cm³/mol. The molecule has 1 atom stereocenters. The minimum atomic E-state index is 0.674. The fourth-order valence-electron chi connectivity index (χ4n) is 3.20. The first-order chi connectivity index (χ1) is 10.3. The molecule has 118 valence electrons. The summed E-state index contributed by atoms with van der Waals surface area (Å²) in [6.07, 6.45) is 7.71. The molecule has 2 rings (SSSR count). The Morgan fingerprint density at radius 3 is 2.81 bits per heavy atom. The van der Waals surface area contributed by atoms with Crippen molar-refractivity contribution < 1.29 is 0 Å². The second-order valence-corrected chi connectivity index (χ2v) is 6.46. The van der Waals surface area contributed by atoms with E-state index < -0.39 is 0 Å². The molecule has 0 spiro atoms. The minimum Gasteiger partial charge on any atom is -0.369 e. The van der Waals surface area contributed by atoms with Gasteiger partial charge in [0, 0.05) is 29.8 Å². The van der Waals surface area contributed by atoms with Gasteiger partial charge in [0.2, 0.25) is 0 Å². The molecule has 1 aliphatic rings. The largest absolute Gasteiger partial charge is 0.369 e. The van der Waals surface area contributed by atoms with Crippen molar-refractivity contribution in [1.29, 1.82) is 0 Å². The third-order valence-electron chi connectivity index (χ3n) is 4.46.